The van der Waals surface area contributed by atoms with Crippen LogP contribution in [0.5, 0.6) is 23.1 Å². The first-order chi connectivity index (χ1) is 16.1. The second-order valence-corrected chi connectivity index (χ2v) is 7.80. The Morgan fingerprint density at radius 1 is 1.09 bits per heavy atom. The molecule has 3 aromatic rings. The highest BCUT2D eigenvalue weighted by atomic mass is 16.7. The topological polar surface area (TPSA) is 87.1 Å². The number of rotatable bonds is 7. The van der Waals surface area contributed by atoms with E-state index in [-0.39, 0.29) is 12.4 Å². The fraction of sp³-hybridized carbons (Fsp3) is 0.231. The van der Waals surface area contributed by atoms with Gasteiger partial charge in [0.2, 0.25) is 12.7 Å². The molecule has 1 aliphatic carbocycles. The van der Waals surface area contributed by atoms with Crippen molar-refractivity contribution >= 4 is 11.5 Å². The van der Waals surface area contributed by atoms with Crippen LogP contribution in [-0.4, -0.2) is 36.6 Å². The van der Waals surface area contributed by atoms with Gasteiger partial charge in [-0.25, -0.2) is 9.78 Å². The number of benzene rings is 2. The first-order valence-corrected chi connectivity index (χ1v) is 10.8. The summed E-state index contributed by atoms with van der Waals surface area (Å²) in [5.74, 6) is 0.893. The van der Waals surface area contributed by atoms with Crippen molar-refractivity contribution in [2.75, 3.05) is 20.5 Å². The van der Waals surface area contributed by atoms with E-state index < -0.39 is 11.9 Å². The summed E-state index contributed by atoms with van der Waals surface area (Å²) in [6.07, 6.45) is 0.847. The molecule has 1 atom stereocenters. The third-order valence-corrected chi connectivity index (χ3v) is 5.80. The molecule has 5 rings (SSSR count). The van der Waals surface area contributed by atoms with E-state index >= 15 is 0 Å². The van der Waals surface area contributed by atoms with E-state index in [1.807, 2.05) is 55.5 Å². The van der Waals surface area contributed by atoms with Crippen LogP contribution in [0, 0.1) is 0 Å². The Morgan fingerprint density at radius 3 is 2.61 bits per heavy atom. The van der Waals surface area contributed by atoms with E-state index in [4.69, 9.17) is 23.9 Å². The number of aliphatic carboxylic acids is 1. The molecule has 0 spiro atoms. The van der Waals surface area contributed by atoms with Gasteiger partial charge in [0.25, 0.3) is 0 Å². The lowest BCUT2D eigenvalue weighted by Gasteiger charge is -2.15. The first-order valence-electron chi connectivity index (χ1n) is 10.8. The van der Waals surface area contributed by atoms with Gasteiger partial charge in [0.05, 0.1) is 25.0 Å². The molecule has 2 heterocycles. The van der Waals surface area contributed by atoms with Gasteiger partial charge in [-0.2, -0.15) is 0 Å². The smallest absolute Gasteiger partial charge is 0.333 e. The molecule has 1 N–H and O–H groups in total. The number of carboxylic acids is 1. The summed E-state index contributed by atoms with van der Waals surface area (Å²) in [5, 5.41) is 10.4. The molecule has 7 heteroatoms. The molecule has 0 bridgehead atoms. The van der Waals surface area contributed by atoms with Gasteiger partial charge in [-0.05, 0) is 47.4 Å². The number of pyridine rings is 1. The maximum atomic E-state index is 12.7. The van der Waals surface area contributed by atoms with Crippen molar-refractivity contribution in [2.24, 2.45) is 0 Å². The second-order valence-electron chi connectivity index (χ2n) is 7.80. The first kappa shape index (κ1) is 20.9. The molecule has 168 valence electrons. The summed E-state index contributed by atoms with van der Waals surface area (Å²) in [7, 11) is 1.59. The van der Waals surface area contributed by atoms with Gasteiger partial charge in [-0.1, -0.05) is 31.2 Å². The van der Waals surface area contributed by atoms with Crippen molar-refractivity contribution in [1.82, 2.24) is 4.98 Å². The molecule has 0 fully saturated rings. The number of hydrogen-bond donors (Lipinski definition) is 1. The fourth-order valence-corrected chi connectivity index (χ4v) is 4.32. The lowest BCUT2D eigenvalue weighted by atomic mass is 9.88. The zero-order valence-electron chi connectivity index (χ0n) is 18.3. The lowest BCUT2D eigenvalue weighted by Crippen LogP contribution is -2.10. The Labute approximate surface area is 191 Å². The molecule has 0 amide bonds. The van der Waals surface area contributed by atoms with Crippen LogP contribution in [0.25, 0.3) is 5.57 Å². The molecule has 0 saturated heterocycles. The molecule has 7 nitrogen and oxygen atoms in total. The predicted molar refractivity (Wildman–Crippen MR) is 121 cm³/mol. The minimum absolute atomic E-state index is 0.151. The third kappa shape index (κ3) is 3.65. The van der Waals surface area contributed by atoms with Crippen LogP contribution in [-0.2, 0) is 4.79 Å². The average Bonchev–Trinajstić information content (AvgIpc) is 3.44. The summed E-state index contributed by atoms with van der Waals surface area (Å²) < 4.78 is 22.0. The molecule has 2 aliphatic rings. The van der Waals surface area contributed by atoms with E-state index in [9.17, 15) is 9.90 Å². The van der Waals surface area contributed by atoms with Gasteiger partial charge in [0, 0.05) is 17.6 Å². The number of hydrogen-bond acceptors (Lipinski definition) is 6. The molecular weight excluding hydrogens is 422 g/mol. The zero-order chi connectivity index (χ0) is 22.9. The molecular formula is C26H23NO6. The number of methoxy groups -OCH3 is 1. The number of carboxylic acid groups (broad SMARTS) is 1. The Kier molecular flexibility index (Phi) is 5.38. The number of aromatic nitrogens is 1. The second kappa shape index (κ2) is 8.50. The number of nitrogens with zero attached hydrogens (tertiary/aromatic N) is 1. The highest BCUT2D eigenvalue weighted by Crippen LogP contribution is 2.49. The SMILES string of the molecule is CCCOc1ccc2c(n1)C(c1ccc(OC)cc1)=C(C(=O)O)[C@H]2c1ccc2c(c1)OCO2. The van der Waals surface area contributed by atoms with Gasteiger partial charge < -0.3 is 24.1 Å². The quantitative estimate of drug-likeness (QED) is 0.567. The van der Waals surface area contributed by atoms with Crippen LogP contribution in [0.4, 0.5) is 0 Å². The normalized spacial score (nSPS) is 16.0. The highest BCUT2D eigenvalue weighted by Gasteiger charge is 2.39. The molecule has 33 heavy (non-hydrogen) atoms. The standard InChI is InChI=1S/C26H23NO6/c1-3-12-31-21-11-9-18-22(16-6-10-19-20(13-16)33-14-32-19)24(26(28)29)23(25(18)27-21)15-4-7-17(30-2)8-5-15/h4-11,13,22H,3,12,14H2,1-2H3,(H,28,29)/t22-/m0/s1. The maximum absolute atomic E-state index is 12.7. The largest absolute Gasteiger partial charge is 0.497 e. The lowest BCUT2D eigenvalue weighted by molar-refractivity contribution is -0.132. The van der Waals surface area contributed by atoms with Crippen molar-refractivity contribution < 1.29 is 28.8 Å². The van der Waals surface area contributed by atoms with Gasteiger partial charge in [0.15, 0.2) is 11.5 Å². The summed E-state index contributed by atoms with van der Waals surface area (Å²) in [6, 6.07) is 16.6. The van der Waals surface area contributed by atoms with E-state index in [1.54, 1.807) is 13.2 Å². The van der Waals surface area contributed by atoms with Crippen LogP contribution >= 0.6 is 0 Å². The molecule has 0 unspecified atom stereocenters. The average molecular weight is 445 g/mol. The molecule has 0 saturated carbocycles. The van der Waals surface area contributed by atoms with Crippen LogP contribution in [0.15, 0.2) is 60.2 Å². The van der Waals surface area contributed by atoms with E-state index in [0.717, 1.165) is 23.1 Å². The van der Waals surface area contributed by atoms with Gasteiger partial charge >= 0.3 is 5.97 Å². The van der Waals surface area contributed by atoms with E-state index in [2.05, 4.69) is 0 Å². The highest BCUT2D eigenvalue weighted by molar-refractivity contribution is 6.06. The van der Waals surface area contributed by atoms with Crippen molar-refractivity contribution in [3.05, 3.63) is 82.6 Å². The minimum Gasteiger partial charge on any atom is -0.497 e. The Balaban J connectivity index is 1.71. The molecule has 1 aliphatic heterocycles. The number of ether oxygens (including phenoxy) is 4. The molecule has 0 radical (unpaired) electrons. The summed E-state index contributed by atoms with van der Waals surface area (Å²) in [6.45, 7) is 2.71. The zero-order valence-corrected chi connectivity index (χ0v) is 18.3. The van der Waals surface area contributed by atoms with Crippen molar-refractivity contribution in [3.63, 3.8) is 0 Å². The van der Waals surface area contributed by atoms with E-state index in [0.29, 0.717) is 41.0 Å². The Morgan fingerprint density at radius 2 is 1.88 bits per heavy atom. The van der Waals surface area contributed by atoms with Crippen LogP contribution in [0.3, 0.4) is 0 Å². The number of carbonyl (C=O) groups is 1. The van der Waals surface area contributed by atoms with E-state index in [1.165, 1.54) is 0 Å². The fourth-order valence-electron chi connectivity index (χ4n) is 4.32. The predicted octanol–water partition coefficient (Wildman–Crippen LogP) is 4.64. The van der Waals surface area contributed by atoms with Crippen LogP contribution in [0.2, 0.25) is 0 Å². The molecule has 2 aromatic carbocycles. The summed E-state index contributed by atoms with van der Waals surface area (Å²) in [5.41, 5.74) is 3.79. The molecule has 1 aromatic heterocycles. The van der Waals surface area contributed by atoms with Crippen molar-refractivity contribution in [1.29, 1.82) is 0 Å². The monoisotopic (exact) mass is 445 g/mol. The summed E-state index contributed by atoms with van der Waals surface area (Å²) >= 11 is 0. The maximum Gasteiger partial charge on any atom is 0.333 e. The Bertz CT molecular complexity index is 1250. The van der Waals surface area contributed by atoms with Gasteiger partial charge in [0.1, 0.15) is 5.75 Å². The van der Waals surface area contributed by atoms with Crippen LogP contribution in [0.1, 0.15) is 41.6 Å². The van der Waals surface area contributed by atoms with Gasteiger partial charge in [-0.3, -0.25) is 0 Å². The minimum atomic E-state index is -1.00. The summed E-state index contributed by atoms with van der Waals surface area (Å²) in [4.78, 5) is 17.4. The van der Waals surface area contributed by atoms with Crippen molar-refractivity contribution in [3.8, 4) is 23.1 Å². The number of fused-ring (bicyclic) bond motifs is 2. The van der Waals surface area contributed by atoms with Crippen molar-refractivity contribution in [2.45, 2.75) is 19.3 Å². The van der Waals surface area contributed by atoms with Crippen LogP contribution < -0.4 is 18.9 Å². The third-order valence-electron chi connectivity index (χ3n) is 5.80. The Hall–Kier alpha value is -4.00. The van der Waals surface area contributed by atoms with Gasteiger partial charge in [-0.15, -0.1) is 0 Å².